The van der Waals surface area contributed by atoms with Crippen LogP contribution in [-0.2, 0) is 6.54 Å². The molecule has 0 amide bonds. The molecular weight excluding hydrogens is 240 g/mol. The number of rotatable bonds is 4. The van der Waals surface area contributed by atoms with Crippen molar-refractivity contribution in [2.45, 2.75) is 19.9 Å². The van der Waals surface area contributed by atoms with Crippen LogP contribution in [0, 0.1) is 0 Å². The zero-order chi connectivity index (χ0) is 10.6. The molecule has 0 bridgehead atoms. The van der Waals surface area contributed by atoms with Gasteiger partial charge in [-0.15, -0.1) is 0 Å². The van der Waals surface area contributed by atoms with Crippen LogP contribution in [0.15, 0.2) is 22.7 Å². The molecule has 78 valence electrons. The number of benzene rings is 1. The largest absolute Gasteiger partial charge is 0.374 e. The predicted molar refractivity (Wildman–Crippen MR) is 65.6 cm³/mol. The van der Waals surface area contributed by atoms with Crippen molar-refractivity contribution in [2.24, 2.45) is 5.73 Å². The van der Waals surface area contributed by atoms with E-state index in [1.54, 1.807) is 0 Å². The average Bonchev–Trinajstić information content (AvgIpc) is 2.17. The number of nitrogens with zero attached hydrogens (tertiary/aromatic N) is 1. The van der Waals surface area contributed by atoms with Crippen LogP contribution in [0.4, 0.5) is 5.69 Å². The van der Waals surface area contributed by atoms with E-state index in [1.807, 2.05) is 12.1 Å². The molecule has 0 aliphatic rings. The summed E-state index contributed by atoms with van der Waals surface area (Å²) in [5, 5.41) is 0. The van der Waals surface area contributed by atoms with Crippen molar-refractivity contribution >= 4 is 21.6 Å². The maximum atomic E-state index is 5.73. The molecule has 3 heteroatoms. The molecular formula is C11H17BrN2. The van der Waals surface area contributed by atoms with E-state index >= 15 is 0 Å². The van der Waals surface area contributed by atoms with Crippen LogP contribution in [0.3, 0.4) is 0 Å². The molecule has 1 rings (SSSR count). The summed E-state index contributed by atoms with van der Waals surface area (Å²) in [5.41, 5.74) is 8.14. The molecule has 2 N–H and O–H groups in total. The number of halogens is 1. The van der Waals surface area contributed by atoms with Gasteiger partial charge in [0.25, 0.3) is 0 Å². The quantitative estimate of drug-likeness (QED) is 0.898. The van der Waals surface area contributed by atoms with Crippen molar-refractivity contribution < 1.29 is 0 Å². The van der Waals surface area contributed by atoms with Crippen LogP contribution in [0.25, 0.3) is 0 Å². The van der Waals surface area contributed by atoms with Gasteiger partial charge in [-0.3, -0.25) is 0 Å². The van der Waals surface area contributed by atoms with Crippen LogP contribution in [-0.4, -0.2) is 13.6 Å². The Labute approximate surface area is 94.2 Å². The van der Waals surface area contributed by atoms with Gasteiger partial charge in [-0.25, -0.2) is 0 Å². The first-order valence-electron chi connectivity index (χ1n) is 4.89. The Morgan fingerprint density at radius 2 is 2.14 bits per heavy atom. The first kappa shape index (κ1) is 11.5. The van der Waals surface area contributed by atoms with Crippen molar-refractivity contribution in [3.05, 3.63) is 28.2 Å². The van der Waals surface area contributed by atoms with Gasteiger partial charge in [0.05, 0.1) is 0 Å². The molecule has 0 aliphatic heterocycles. The van der Waals surface area contributed by atoms with E-state index in [-0.39, 0.29) is 0 Å². The fraction of sp³-hybridized carbons (Fsp3) is 0.455. The van der Waals surface area contributed by atoms with Gasteiger partial charge in [-0.05, 0) is 18.6 Å². The van der Waals surface area contributed by atoms with Gasteiger partial charge < -0.3 is 10.6 Å². The molecule has 0 atom stereocenters. The fourth-order valence-corrected chi connectivity index (χ4v) is 2.08. The van der Waals surface area contributed by atoms with E-state index in [2.05, 4.69) is 40.9 Å². The van der Waals surface area contributed by atoms with Crippen LogP contribution in [0.5, 0.6) is 0 Å². The first-order chi connectivity index (χ1) is 6.70. The second kappa shape index (κ2) is 5.37. The van der Waals surface area contributed by atoms with E-state index < -0.39 is 0 Å². The molecule has 0 fully saturated rings. The topological polar surface area (TPSA) is 29.3 Å². The summed E-state index contributed by atoms with van der Waals surface area (Å²) in [7, 11) is 2.10. The summed E-state index contributed by atoms with van der Waals surface area (Å²) in [4.78, 5) is 2.24. The minimum Gasteiger partial charge on any atom is -0.374 e. The highest BCUT2D eigenvalue weighted by molar-refractivity contribution is 9.10. The third-order valence-electron chi connectivity index (χ3n) is 2.27. The Balaban J connectivity index is 3.00. The molecule has 2 nitrogen and oxygen atoms in total. The van der Waals surface area contributed by atoms with Gasteiger partial charge >= 0.3 is 0 Å². The zero-order valence-corrected chi connectivity index (χ0v) is 10.3. The van der Waals surface area contributed by atoms with Gasteiger partial charge in [0, 0.05) is 35.9 Å². The maximum Gasteiger partial charge on any atom is 0.0420 e. The minimum atomic E-state index is 0.574. The highest BCUT2D eigenvalue weighted by Crippen LogP contribution is 2.26. The molecule has 1 aromatic rings. The Kier molecular flexibility index (Phi) is 4.42. The zero-order valence-electron chi connectivity index (χ0n) is 8.76. The summed E-state index contributed by atoms with van der Waals surface area (Å²) >= 11 is 3.52. The normalized spacial score (nSPS) is 10.3. The predicted octanol–water partition coefficient (Wildman–Crippen LogP) is 2.75. The Hall–Kier alpha value is -0.540. The second-order valence-electron chi connectivity index (χ2n) is 3.36. The molecule has 0 heterocycles. The third kappa shape index (κ3) is 2.49. The van der Waals surface area contributed by atoms with Crippen LogP contribution in [0.1, 0.15) is 18.9 Å². The molecule has 0 aliphatic carbocycles. The van der Waals surface area contributed by atoms with Gasteiger partial charge in [0.2, 0.25) is 0 Å². The van der Waals surface area contributed by atoms with Crippen LogP contribution < -0.4 is 10.6 Å². The van der Waals surface area contributed by atoms with Crippen LogP contribution in [0.2, 0.25) is 0 Å². The number of hydrogen-bond acceptors (Lipinski definition) is 2. The standard InChI is InChI=1S/C11H17BrN2/c1-3-7-14(2)11-6-4-5-10(12)9(11)8-13/h4-6H,3,7-8,13H2,1-2H3. The van der Waals surface area contributed by atoms with Gasteiger partial charge in [-0.2, -0.15) is 0 Å². The van der Waals surface area contributed by atoms with Crippen molar-refractivity contribution in [3.63, 3.8) is 0 Å². The number of hydrogen-bond donors (Lipinski definition) is 1. The summed E-state index contributed by atoms with van der Waals surface area (Å²) in [6, 6.07) is 6.19. The molecule has 0 radical (unpaired) electrons. The molecule has 14 heavy (non-hydrogen) atoms. The van der Waals surface area contributed by atoms with Crippen molar-refractivity contribution in [2.75, 3.05) is 18.5 Å². The summed E-state index contributed by atoms with van der Waals surface area (Å²) < 4.78 is 1.10. The lowest BCUT2D eigenvalue weighted by atomic mass is 10.1. The van der Waals surface area contributed by atoms with Crippen molar-refractivity contribution in [1.82, 2.24) is 0 Å². The van der Waals surface area contributed by atoms with E-state index in [0.717, 1.165) is 17.4 Å². The molecule has 1 aromatic carbocycles. The smallest absolute Gasteiger partial charge is 0.0420 e. The Morgan fingerprint density at radius 3 is 2.71 bits per heavy atom. The molecule has 0 aromatic heterocycles. The Bertz CT molecular complexity index is 299. The second-order valence-corrected chi connectivity index (χ2v) is 4.22. The minimum absolute atomic E-state index is 0.574. The van der Waals surface area contributed by atoms with Gasteiger partial charge in [-0.1, -0.05) is 28.9 Å². The van der Waals surface area contributed by atoms with Crippen molar-refractivity contribution in [3.8, 4) is 0 Å². The van der Waals surface area contributed by atoms with E-state index in [4.69, 9.17) is 5.73 Å². The molecule has 0 spiro atoms. The molecule has 0 unspecified atom stereocenters. The van der Waals surface area contributed by atoms with E-state index in [0.29, 0.717) is 6.54 Å². The average molecular weight is 257 g/mol. The van der Waals surface area contributed by atoms with Crippen LogP contribution >= 0.6 is 15.9 Å². The summed E-state index contributed by atoms with van der Waals surface area (Å²) in [6.07, 6.45) is 1.15. The monoisotopic (exact) mass is 256 g/mol. The van der Waals surface area contributed by atoms with E-state index in [9.17, 15) is 0 Å². The van der Waals surface area contributed by atoms with E-state index in [1.165, 1.54) is 11.3 Å². The number of anilines is 1. The summed E-state index contributed by atoms with van der Waals surface area (Å²) in [6.45, 7) is 3.81. The molecule has 0 saturated carbocycles. The maximum absolute atomic E-state index is 5.73. The summed E-state index contributed by atoms with van der Waals surface area (Å²) in [5.74, 6) is 0. The SMILES string of the molecule is CCCN(C)c1cccc(Br)c1CN. The fourth-order valence-electron chi connectivity index (χ4n) is 1.56. The van der Waals surface area contributed by atoms with Gasteiger partial charge in [0.1, 0.15) is 0 Å². The lowest BCUT2D eigenvalue weighted by Gasteiger charge is -2.22. The number of nitrogens with two attached hydrogens (primary N) is 1. The Morgan fingerprint density at radius 1 is 1.43 bits per heavy atom. The third-order valence-corrected chi connectivity index (χ3v) is 3.01. The molecule has 0 saturated heterocycles. The highest BCUT2D eigenvalue weighted by Gasteiger charge is 2.07. The van der Waals surface area contributed by atoms with Gasteiger partial charge in [0.15, 0.2) is 0 Å². The lowest BCUT2D eigenvalue weighted by Crippen LogP contribution is -2.20. The first-order valence-corrected chi connectivity index (χ1v) is 5.68. The lowest BCUT2D eigenvalue weighted by molar-refractivity contribution is 0.842. The highest BCUT2D eigenvalue weighted by atomic mass is 79.9. The van der Waals surface area contributed by atoms with Crippen molar-refractivity contribution in [1.29, 1.82) is 0 Å².